The summed E-state index contributed by atoms with van der Waals surface area (Å²) in [6.07, 6.45) is 0.991. The standard InChI is InChI=1S/C28H31N3O3/c1-18(2)16-21-8-10-22(11-9-21)20(4)26(32)30-31-28(34)23-12-14-25(15-13-23)29-27(33)24-7-5-6-19(3)17-24/h5-15,17-18,20H,16H2,1-4H3,(H,29,33)(H,30,32)(H,31,34). The van der Waals surface area contributed by atoms with Gasteiger partial charge in [-0.05, 0) is 73.7 Å². The molecule has 0 aliphatic heterocycles. The number of carbonyl (C=O) groups is 3. The molecule has 0 spiro atoms. The number of benzene rings is 3. The number of rotatable bonds is 7. The van der Waals surface area contributed by atoms with Crippen LogP contribution in [0.15, 0.2) is 72.8 Å². The van der Waals surface area contributed by atoms with Crippen LogP contribution < -0.4 is 16.2 Å². The van der Waals surface area contributed by atoms with E-state index in [-0.39, 0.29) is 11.8 Å². The molecule has 1 atom stereocenters. The summed E-state index contributed by atoms with van der Waals surface area (Å²) < 4.78 is 0. The van der Waals surface area contributed by atoms with E-state index in [2.05, 4.69) is 30.0 Å². The zero-order valence-electron chi connectivity index (χ0n) is 20.0. The zero-order valence-corrected chi connectivity index (χ0v) is 20.0. The quantitative estimate of drug-likeness (QED) is 0.436. The molecule has 1 unspecified atom stereocenters. The average Bonchev–Trinajstić information content (AvgIpc) is 2.82. The number of carbonyl (C=O) groups excluding carboxylic acids is 3. The summed E-state index contributed by atoms with van der Waals surface area (Å²) in [6.45, 7) is 8.06. The van der Waals surface area contributed by atoms with E-state index in [0.29, 0.717) is 22.7 Å². The van der Waals surface area contributed by atoms with E-state index in [9.17, 15) is 14.4 Å². The number of amides is 3. The van der Waals surface area contributed by atoms with E-state index in [1.165, 1.54) is 5.56 Å². The van der Waals surface area contributed by atoms with Crippen molar-refractivity contribution >= 4 is 23.4 Å². The van der Waals surface area contributed by atoms with Crippen molar-refractivity contribution in [2.75, 3.05) is 5.32 Å². The van der Waals surface area contributed by atoms with E-state index in [1.807, 2.05) is 43.3 Å². The lowest BCUT2D eigenvalue weighted by Gasteiger charge is -2.14. The first-order chi connectivity index (χ1) is 16.2. The Morgan fingerprint density at radius 1 is 0.765 bits per heavy atom. The van der Waals surface area contributed by atoms with Gasteiger partial charge in [0.1, 0.15) is 0 Å². The maximum Gasteiger partial charge on any atom is 0.269 e. The second kappa shape index (κ2) is 11.3. The fourth-order valence-corrected chi connectivity index (χ4v) is 3.56. The molecule has 3 aromatic rings. The summed E-state index contributed by atoms with van der Waals surface area (Å²) in [6, 6.07) is 21.7. The third-order valence-corrected chi connectivity index (χ3v) is 5.50. The van der Waals surface area contributed by atoms with Crippen molar-refractivity contribution in [3.05, 3.63) is 101 Å². The normalized spacial score (nSPS) is 11.6. The molecule has 0 aliphatic rings. The fraction of sp³-hybridized carbons (Fsp3) is 0.250. The van der Waals surface area contributed by atoms with Gasteiger partial charge in [0.05, 0.1) is 5.92 Å². The van der Waals surface area contributed by atoms with Gasteiger partial charge in [-0.15, -0.1) is 0 Å². The minimum Gasteiger partial charge on any atom is -0.322 e. The van der Waals surface area contributed by atoms with Gasteiger partial charge in [-0.1, -0.05) is 55.8 Å². The molecular weight excluding hydrogens is 426 g/mol. The number of aryl methyl sites for hydroxylation is 1. The van der Waals surface area contributed by atoms with Crippen LogP contribution >= 0.6 is 0 Å². The summed E-state index contributed by atoms with van der Waals surface area (Å²) >= 11 is 0. The lowest BCUT2D eigenvalue weighted by Crippen LogP contribution is -2.43. The van der Waals surface area contributed by atoms with Crippen LogP contribution in [0.4, 0.5) is 5.69 Å². The van der Waals surface area contributed by atoms with E-state index < -0.39 is 11.8 Å². The first-order valence-corrected chi connectivity index (χ1v) is 11.4. The van der Waals surface area contributed by atoms with Crippen LogP contribution in [0.2, 0.25) is 0 Å². The highest BCUT2D eigenvalue weighted by Crippen LogP contribution is 2.18. The molecule has 0 fully saturated rings. The predicted molar refractivity (Wildman–Crippen MR) is 135 cm³/mol. The Morgan fingerprint density at radius 3 is 2.06 bits per heavy atom. The third kappa shape index (κ3) is 6.78. The molecule has 3 rings (SSSR count). The van der Waals surface area contributed by atoms with Crippen molar-refractivity contribution in [2.24, 2.45) is 5.92 Å². The number of hydrogen-bond donors (Lipinski definition) is 3. The van der Waals surface area contributed by atoms with Gasteiger partial charge in [-0.3, -0.25) is 25.2 Å². The molecule has 0 aliphatic carbocycles. The SMILES string of the molecule is Cc1cccc(C(=O)Nc2ccc(C(=O)NNC(=O)C(C)c3ccc(CC(C)C)cc3)cc2)c1. The van der Waals surface area contributed by atoms with Gasteiger partial charge < -0.3 is 5.32 Å². The van der Waals surface area contributed by atoms with Gasteiger partial charge >= 0.3 is 0 Å². The maximum atomic E-state index is 12.5. The number of hydrazine groups is 1. The van der Waals surface area contributed by atoms with Crippen molar-refractivity contribution in [2.45, 2.75) is 40.0 Å². The Kier molecular flexibility index (Phi) is 8.19. The molecule has 3 N–H and O–H groups in total. The van der Waals surface area contributed by atoms with Crippen molar-refractivity contribution in [3.63, 3.8) is 0 Å². The summed E-state index contributed by atoms with van der Waals surface area (Å²) in [5.41, 5.74) is 9.56. The molecule has 0 radical (unpaired) electrons. The molecule has 3 amide bonds. The molecule has 3 aromatic carbocycles. The van der Waals surface area contributed by atoms with Crippen LogP contribution in [0.1, 0.15) is 64.1 Å². The first-order valence-electron chi connectivity index (χ1n) is 11.4. The summed E-state index contributed by atoms with van der Waals surface area (Å²) in [5.74, 6) is -0.802. The van der Waals surface area contributed by atoms with Gasteiger partial charge in [0, 0.05) is 16.8 Å². The molecule has 6 heteroatoms. The van der Waals surface area contributed by atoms with Crippen molar-refractivity contribution in [3.8, 4) is 0 Å². The van der Waals surface area contributed by atoms with Crippen molar-refractivity contribution in [1.29, 1.82) is 0 Å². The van der Waals surface area contributed by atoms with Gasteiger partial charge in [-0.2, -0.15) is 0 Å². The highest BCUT2D eigenvalue weighted by Gasteiger charge is 2.16. The smallest absolute Gasteiger partial charge is 0.269 e. The highest BCUT2D eigenvalue weighted by molar-refractivity contribution is 6.04. The van der Waals surface area contributed by atoms with Crippen LogP contribution in [-0.2, 0) is 11.2 Å². The summed E-state index contributed by atoms with van der Waals surface area (Å²) in [5, 5.41) is 2.81. The Labute approximate surface area is 200 Å². The maximum absolute atomic E-state index is 12.5. The first kappa shape index (κ1) is 24.7. The minimum absolute atomic E-state index is 0.223. The van der Waals surface area contributed by atoms with E-state index in [0.717, 1.165) is 17.5 Å². The van der Waals surface area contributed by atoms with Crippen molar-refractivity contribution < 1.29 is 14.4 Å². The second-order valence-corrected chi connectivity index (χ2v) is 8.91. The molecule has 0 saturated heterocycles. The minimum atomic E-state index is -0.440. The van der Waals surface area contributed by atoms with E-state index in [1.54, 1.807) is 43.3 Å². The van der Waals surface area contributed by atoms with Crippen LogP contribution in [0.5, 0.6) is 0 Å². The van der Waals surface area contributed by atoms with Gasteiger partial charge in [0.15, 0.2) is 0 Å². The molecule has 34 heavy (non-hydrogen) atoms. The lowest BCUT2D eigenvalue weighted by molar-refractivity contribution is -0.123. The number of anilines is 1. The van der Waals surface area contributed by atoms with Crippen LogP contribution in [0, 0.1) is 12.8 Å². The van der Waals surface area contributed by atoms with E-state index >= 15 is 0 Å². The molecule has 0 bridgehead atoms. The summed E-state index contributed by atoms with van der Waals surface area (Å²) in [4.78, 5) is 37.3. The Hall–Kier alpha value is -3.93. The van der Waals surface area contributed by atoms with Crippen LogP contribution in [0.3, 0.4) is 0 Å². The Bertz CT molecular complexity index is 1150. The highest BCUT2D eigenvalue weighted by atomic mass is 16.2. The monoisotopic (exact) mass is 457 g/mol. The average molecular weight is 458 g/mol. The van der Waals surface area contributed by atoms with E-state index in [4.69, 9.17) is 0 Å². The molecule has 176 valence electrons. The molecule has 6 nitrogen and oxygen atoms in total. The van der Waals surface area contributed by atoms with Gasteiger partial charge in [0.2, 0.25) is 5.91 Å². The van der Waals surface area contributed by atoms with Crippen LogP contribution in [-0.4, -0.2) is 17.7 Å². The predicted octanol–water partition coefficient (Wildman–Crippen LogP) is 5.01. The summed E-state index contributed by atoms with van der Waals surface area (Å²) in [7, 11) is 0. The van der Waals surface area contributed by atoms with Crippen LogP contribution in [0.25, 0.3) is 0 Å². The van der Waals surface area contributed by atoms with Gasteiger partial charge in [0.25, 0.3) is 11.8 Å². The van der Waals surface area contributed by atoms with Gasteiger partial charge in [-0.25, -0.2) is 0 Å². The Morgan fingerprint density at radius 2 is 1.44 bits per heavy atom. The number of nitrogens with one attached hydrogen (secondary N) is 3. The lowest BCUT2D eigenvalue weighted by atomic mass is 9.96. The Balaban J connectivity index is 1.52. The fourth-order valence-electron chi connectivity index (χ4n) is 3.56. The largest absolute Gasteiger partial charge is 0.322 e. The molecule has 0 saturated carbocycles. The van der Waals surface area contributed by atoms with Crippen molar-refractivity contribution in [1.82, 2.24) is 10.9 Å². The topological polar surface area (TPSA) is 87.3 Å². The number of hydrogen-bond acceptors (Lipinski definition) is 3. The molecule has 0 heterocycles. The third-order valence-electron chi connectivity index (χ3n) is 5.50. The second-order valence-electron chi connectivity index (χ2n) is 8.91. The zero-order chi connectivity index (χ0) is 24.7. The molecular formula is C28H31N3O3. The molecule has 0 aromatic heterocycles.